The van der Waals surface area contributed by atoms with Crippen molar-refractivity contribution in [2.24, 2.45) is 5.92 Å². The fourth-order valence-electron chi connectivity index (χ4n) is 2.44. The van der Waals surface area contributed by atoms with Crippen molar-refractivity contribution < 1.29 is 9.53 Å². The summed E-state index contributed by atoms with van der Waals surface area (Å²) in [5, 5.41) is 3.30. The molecule has 0 spiro atoms. The second kappa shape index (κ2) is 5.71. The van der Waals surface area contributed by atoms with Gasteiger partial charge in [-0.1, -0.05) is 0 Å². The van der Waals surface area contributed by atoms with Crippen molar-refractivity contribution >= 4 is 22.5 Å². The van der Waals surface area contributed by atoms with Crippen molar-refractivity contribution in [2.45, 2.75) is 19.4 Å². The van der Waals surface area contributed by atoms with Crippen LogP contribution in [0.15, 0.2) is 29.1 Å². The van der Waals surface area contributed by atoms with Crippen LogP contribution >= 0.6 is 0 Å². The number of aromatic nitrogens is 1. The van der Waals surface area contributed by atoms with E-state index in [1.54, 1.807) is 16.7 Å². The summed E-state index contributed by atoms with van der Waals surface area (Å²) in [6.45, 7) is 0.499. The minimum absolute atomic E-state index is 0.178. The number of benzene rings is 1. The Morgan fingerprint density at radius 2 is 2.18 bits per heavy atom. The lowest BCUT2D eigenvalue weighted by molar-refractivity contribution is -0.122. The van der Waals surface area contributed by atoms with E-state index in [-0.39, 0.29) is 23.8 Å². The van der Waals surface area contributed by atoms with Crippen molar-refractivity contribution in [2.75, 3.05) is 19.4 Å². The van der Waals surface area contributed by atoms with Gasteiger partial charge in [0.2, 0.25) is 0 Å². The van der Waals surface area contributed by atoms with Gasteiger partial charge in [0.15, 0.2) is 12.4 Å². The van der Waals surface area contributed by atoms with Gasteiger partial charge in [-0.2, -0.15) is 0 Å². The molecule has 0 radical (unpaired) electrons. The third-order valence-electron chi connectivity index (χ3n) is 3.86. The minimum Gasteiger partial charge on any atom is -0.478 e. The number of amides is 1. The number of nitrogens with zero attached hydrogens (tertiary/aromatic N) is 1. The molecule has 0 bridgehead atoms. The van der Waals surface area contributed by atoms with E-state index < -0.39 is 0 Å². The largest absolute Gasteiger partial charge is 0.478 e. The molecule has 1 fully saturated rings. The molecule has 22 heavy (non-hydrogen) atoms. The van der Waals surface area contributed by atoms with Crippen LogP contribution in [-0.2, 0) is 11.3 Å². The van der Waals surface area contributed by atoms with Crippen LogP contribution in [-0.4, -0.2) is 24.1 Å². The highest BCUT2D eigenvalue weighted by Crippen LogP contribution is 2.31. The van der Waals surface area contributed by atoms with E-state index in [0.717, 1.165) is 23.7 Å². The Morgan fingerprint density at radius 1 is 1.41 bits per heavy atom. The predicted molar refractivity (Wildman–Crippen MR) is 84.9 cm³/mol. The number of nitrogens with two attached hydrogens (primary N) is 1. The molecule has 6 nitrogen and oxygen atoms in total. The average Bonchev–Trinajstić information content (AvgIpc) is 3.32. The molecule has 0 unspecified atom stereocenters. The van der Waals surface area contributed by atoms with E-state index in [4.69, 9.17) is 10.5 Å². The van der Waals surface area contributed by atoms with E-state index >= 15 is 0 Å². The van der Waals surface area contributed by atoms with Gasteiger partial charge in [0.25, 0.3) is 11.5 Å². The summed E-state index contributed by atoms with van der Waals surface area (Å²) >= 11 is 0. The summed E-state index contributed by atoms with van der Waals surface area (Å²) in [7, 11) is 1.53. The first kappa shape index (κ1) is 14.4. The van der Waals surface area contributed by atoms with E-state index in [2.05, 4.69) is 5.32 Å². The van der Waals surface area contributed by atoms with Crippen molar-refractivity contribution in [1.82, 2.24) is 9.88 Å². The molecule has 1 aromatic heterocycles. The first-order valence-corrected chi connectivity index (χ1v) is 7.35. The van der Waals surface area contributed by atoms with Gasteiger partial charge in [-0.05, 0) is 43.0 Å². The number of carbonyl (C=O) groups is 1. The molecule has 1 aliphatic carbocycles. The van der Waals surface area contributed by atoms with Gasteiger partial charge < -0.3 is 20.4 Å². The van der Waals surface area contributed by atoms with Gasteiger partial charge >= 0.3 is 0 Å². The zero-order valence-corrected chi connectivity index (χ0v) is 12.5. The number of anilines is 1. The first-order valence-electron chi connectivity index (χ1n) is 7.35. The molecule has 2 aromatic rings. The lowest BCUT2D eigenvalue weighted by Gasteiger charge is -2.13. The number of carbonyl (C=O) groups excluding carboxylic acids is 1. The Bertz CT molecular complexity index is 778. The van der Waals surface area contributed by atoms with Gasteiger partial charge in [0, 0.05) is 24.7 Å². The van der Waals surface area contributed by atoms with Crippen molar-refractivity contribution in [1.29, 1.82) is 0 Å². The molecule has 1 amide bonds. The lowest BCUT2D eigenvalue weighted by Crippen LogP contribution is -2.28. The van der Waals surface area contributed by atoms with Crippen LogP contribution in [0, 0.1) is 5.92 Å². The van der Waals surface area contributed by atoms with Gasteiger partial charge in [0.05, 0.1) is 5.52 Å². The Morgan fingerprint density at radius 3 is 2.86 bits per heavy atom. The number of nitrogen functional groups attached to an aromatic ring is 1. The quantitative estimate of drug-likeness (QED) is 0.810. The molecule has 3 N–H and O–H groups in total. The average molecular weight is 301 g/mol. The highest BCUT2D eigenvalue weighted by molar-refractivity contribution is 5.84. The number of nitrogens with one attached hydrogen (secondary N) is 1. The Balaban J connectivity index is 2.05. The second-order valence-corrected chi connectivity index (χ2v) is 5.65. The van der Waals surface area contributed by atoms with Crippen molar-refractivity contribution in [3.8, 4) is 5.75 Å². The Hall–Kier alpha value is -2.50. The monoisotopic (exact) mass is 301 g/mol. The van der Waals surface area contributed by atoms with Crippen LogP contribution < -0.4 is 21.3 Å². The minimum atomic E-state index is -0.277. The summed E-state index contributed by atoms with van der Waals surface area (Å²) in [5.41, 5.74) is 7.10. The molecule has 3 rings (SSSR count). The molecule has 1 aliphatic rings. The number of pyridine rings is 1. The third-order valence-corrected chi connectivity index (χ3v) is 3.86. The second-order valence-electron chi connectivity index (χ2n) is 5.65. The highest BCUT2D eigenvalue weighted by atomic mass is 16.5. The molecule has 0 atom stereocenters. The van der Waals surface area contributed by atoms with E-state index in [1.807, 2.05) is 12.1 Å². The Labute approximate surface area is 127 Å². The molecular formula is C16H19N3O3. The smallest absolute Gasteiger partial charge is 0.293 e. The van der Waals surface area contributed by atoms with Gasteiger partial charge in [-0.15, -0.1) is 0 Å². The topological polar surface area (TPSA) is 86.3 Å². The van der Waals surface area contributed by atoms with Crippen LogP contribution in [0.25, 0.3) is 10.9 Å². The molecule has 0 aliphatic heterocycles. The zero-order valence-electron chi connectivity index (χ0n) is 12.5. The summed E-state index contributed by atoms with van der Waals surface area (Å²) < 4.78 is 7.12. The zero-order chi connectivity index (χ0) is 15.7. The fourth-order valence-corrected chi connectivity index (χ4v) is 2.44. The van der Waals surface area contributed by atoms with E-state index in [9.17, 15) is 9.59 Å². The third kappa shape index (κ3) is 2.90. The summed E-state index contributed by atoms with van der Waals surface area (Å²) in [5.74, 6) is 0.454. The fraction of sp³-hybridized carbons (Fsp3) is 0.375. The van der Waals surface area contributed by atoms with Crippen LogP contribution in [0.3, 0.4) is 0 Å². The summed E-state index contributed by atoms with van der Waals surface area (Å²) in [6.07, 6.45) is 2.29. The molecule has 1 heterocycles. The van der Waals surface area contributed by atoms with Gasteiger partial charge in [-0.3, -0.25) is 9.59 Å². The number of rotatable bonds is 5. The maximum Gasteiger partial charge on any atom is 0.293 e. The number of ether oxygens (including phenoxy) is 1. The molecule has 0 saturated heterocycles. The number of likely N-dealkylation sites (N-methyl/N-ethyl adjacent to an activating group) is 1. The van der Waals surface area contributed by atoms with Gasteiger partial charge in [0.1, 0.15) is 0 Å². The number of fused-ring (bicyclic) bond motifs is 1. The van der Waals surface area contributed by atoms with E-state index in [1.165, 1.54) is 7.05 Å². The maximum atomic E-state index is 12.6. The standard InChI is InChI=1S/C16H19N3O3/c1-18-15(20)9-22-14-7-11-6-12(17)4-5-13(11)19(16(14)21)8-10-2-3-10/h4-7,10H,2-3,8-9,17H2,1H3,(H,18,20). The van der Waals surface area contributed by atoms with Crippen LogP contribution in [0.2, 0.25) is 0 Å². The van der Waals surface area contributed by atoms with E-state index in [0.29, 0.717) is 18.2 Å². The van der Waals surface area contributed by atoms with Gasteiger partial charge in [-0.25, -0.2) is 0 Å². The van der Waals surface area contributed by atoms with Crippen LogP contribution in [0.4, 0.5) is 5.69 Å². The van der Waals surface area contributed by atoms with Crippen molar-refractivity contribution in [3.63, 3.8) is 0 Å². The lowest BCUT2D eigenvalue weighted by atomic mass is 10.2. The maximum absolute atomic E-state index is 12.6. The SMILES string of the molecule is CNC(=O)COc1cc2cc(N)ccc2n(CC2CC2)c1=O. The van der Waals surface area contributed by atoms with Crippen molar-refractivity contribution in [3.05, 3.63) is 34.6 Å². The first-order chi connectivity index (χ1) is 10.6. The molecule has 116 valence electrons. The molecule has 1 aromatic carbocycles. The van der Waals surface area contributed by atoms with Crippen LogP contribution in [0.1, 0.15) is 12.8 Å². The normalized spacial score (nSPS) is 14.0. The summed E-state index contributed by atoms with van der Waals surface area (Å²) in [6, 6.07) is 7.11. The highest BCUT2D eigenvalue weighted by Gasteiger charge is 2.24. The predicted octanol–water partition coefficient (Wildman–Crippen LogP) is 1.12. The molecule has 6 heteroatoms. The summed E-state index contributed by atoms with van der Waals surface area (Å²) in [4.78, 5) is 23.9. The number of hydrogen-bond donors (Lipinski definition) is 2. The molecule has 1 saturated carbocycles. The Kier molecular flexibility index (Phi) is 3.75. The number of hydrogen-bond acceptors (Lipinski definition) is 4. The molecular weight excluding hydrogens is 282 g/mol. The van der Waals surface area contributed by atoms with Crippen LogP contribution in [0.5, 0.6) is 5.75 Å².